The summed E-state index contributed by atoms with van der Waals surface area (Å²) < 4.78 is 0. The first-order chi connectivity index (χ1) is 9.63. The summed E-state index contributed by atoms with van der Waals surface area (Å²) in [5.41, 5.74) is 1.44. The minimum atomic E-state index is -0.771. The molecular formula is C15H16N2O3. The first kappa shape index (κ1) is 12.7. The summed E-state index contributed by atoms with van der Waals surface area (Å²) in [4.78, 5) is 26.1. The van der Waals surface area contributed by atoms with Gasteiger partial charge in [0.15, 0.2) is 0 Å². The fraction of sp³-hybridized carbons (Fsp3) is 0.333. The number of nitrogens with one attached hydrogen (secondary N) is 2. The number of aliphatic carboxylic acids is 1. The van der Waals surface area contributed by atoms with Gasteiger partial charge in [0.25, 0.3) is 5.91 Å². The summed E-state index contributed by atoms with van der Waals surface area (Å²) in [5.74, 6) is -1.27. The molecule has 1 heterocycles. The van der Waals surface area contributed by atoms with E-state index in [0.29, 0.717) is 18.5 Å². The number of carboxylic acids is 1. The Bertz CT molecular complexity index is 629. The summed E-state index contributed by atoms with van der Waals surface area (Å²) in [6.45, 7) is 0. The molecule has 0 spiro atoms. The van der Waals surface area contributed by atoms with Gasteiger partial charge in [0.2, 0.25) is 0 Å². The van der Waals surface area contributed by atoms with Crippen molar-refractivity contribution >= 4 is 22.8 Å². The van der Waals surface area contributed by atoms with Gasteiger partial charge < -0.3 is 15.4 Å². The number of benzene rings is 1. The Morgan fingerprint density at radius 3 is 2.75 bits per heavy atom. The zero-order valence-electron chi connectivity index (χ0n) is 10.9. The Morgan fingerprint density at radius 1 is 1.25 bits per heavy atom. The normalized spacial score (nSPS) is 22.0. The predicted molar refractivity (Wildman–Crippen MR) is 74.5 cm³/mol. The maximum atomic E-state index is 12.2. The molecule has 1 aliphatic carbocycles. The lowest BCUT2D eigenvalue weighted by atomic mass is 10.1. The third-order valence-corrected chi connectivity index (χ3v) is 3.89. The highest BCUT2D eigenvalue weighted by Crippen LogP contribution is 2.26. The number of carbonyl (C=O) groups excluding carboxylic acids is 1. The van der Waals surface area contributed by atoms with Crippen LogP contribution in [0.2, 0.25) is 0 Å². The highest BCUT2D eigenvalue weighted by Gasteiger charge is 2.30. The molecule has 0 bridgehead atoms. The van der Waals surface area contributed by atoms with E-state index in [0.717, 1.165) is 17.3 Å². The Morgan fingerprint density at radius 2 is 2.05 bits per heavy atom. The number of hydrogen-bond acceptors (Lipinski definition) is 2. The standard InChI is InChI=1S/C15H16N2O3/c18-14(16-11-6-5-10(7-11)15(19)20)13-8-9-3-1-2-4-12(9)17-13/h1-4,8,10-11,17H,5-7H2,(H,16,18)(H,19,20)/t10-,11+/m0/s1. The number of H-pyrrole nitrogens is 1. The Hall–Kier alpha value is -2.30. The van der Waals surface area contributed by atoms with Gasteiger partial charge in [-0.05, 0) is 31.4 Å². The second kappa shape index (κ2) is 5.00. The van der Waals surface area contributed by atoms with Crippen molar-refractivity contribution in [2.75, 3.05) is 0 Å². The molecule has 0 radical (unpaired) electrons. The molecule has 104 valence electrons. The lowest BCUT2D eigenvalue weighted by Gasteiger charge is -2.11. The van der Waals surface area contributed by atoms with Crippen LogP contribution in [0, 0.1) is 5.92 Å². The fourth-order valence-corrected chi connectivity index (χ4v) is 2.80. The fourth-order valence-electron chi connectivity index (χ4n) is 2.80. The molecule has 1 saturated carbocycles. The van der Waals surface area contributed by atoms with Crippen LogP contribution in [0.15, 0.2) is 30.3 Å². The van der Waals surface area contributed by atoms with Crippen LogP contribution < -0.4 is 5.32 Å². The molecule has 1 fully saturated rings. The third-order valence-electron chi connectivity index (χ3n) is 3.89. The molecule has 1 aliphatic rings. The average molecular weight is 272 g/mol. The predicted octanol–water partition coefficient (Wildman–Crippen LogP) is 2.15. The SMILES string of the molecule is O=C(N[C@@H]1CC[C@H](C(=O)O)C1)c1cc2ccccc2[nH]1. The minimum Gasteiger partial charge on any atom is -0.481 e. The van der Waals surface area contributed by atoms with E-state index in [-0.39, 0.29) is 17.9 Å². The molecule has 3 N–H and O–H groups in total. The van der Waals surface area contributed by atoms with Crippen LogP contribution in [0.25, 0.3) is 10.9 Å². The van der Waals surface area contributed by atoms with E-state index in [1.807, 2.05) is 30.3 Å². The number of aromatic nitrogens is 1. The summed E-state index contributed by atoms with van der Waals surface area (Å²) in [6, 6.07) is 9.46. The molecule has 1 aromatic carbocycles. The highest BCUT2D eigenvalue weighted by molar-refractivity contribution is 5.98. The molecule has 1 amide bonds. The largest absolute Gasteiger partial charge is 0.481 e. The quantitative estimate of drug-likeness (QED) is 0.800. The molecule has 1 aromatic heterocycles. The van der Waals surface area contributed by atoms with E-state index in [4.69, 9.17) is 5.11 Å². The molecule has 20 heavy (non-hydrogen) atoms. The van der Waals surface area contributed by atoms with Crippen LogP contribution in [0.3, 0.4) is 0 Å². The topological polar surface area (TPSA) is 82.2 Å². The Balaban J connectivity index is 1.69. The molecule has 2 atom stereocenters. The monoisotopic (exact) mass is 272 g/mol. The van der Waals surface area contributed by atoms with Crippen LogP contribution in [-0.2, 0) is 4.79 Å². The number of amides is 1. The van der Waals surface area contributed by atoms with Gasteiger partial charge in [-0.3, -0.25) is 9.59 Å². The zero-order valence-corrected chi connectivity index (χ0v) is 10.9. The molecular weight excluding hydrogens is 256 g/mol. The first-order valence-corrected chi connectivity index (χ1v) is 6.75. The molecule has 0 aliphatic heterocycles. The Labute approximate surface area is 116 Å². The van der Waals surface area contributed by atoms with Crippen molar-refractivity contribution in [3.63, 3.8) is 0 Å². The number of aromatic amines is 1. The van der Waals surface area contributed by atoms with E-state index in [1.54, 1.807) is 0 Å². The van der Waals surface area contributed by atoms with Gasteiger partial charge in [0.1, 0.15) is 5.69 Å². The summed E-state index contributed by atoms with van der Waals surface area (Å²) in [5, 5.41) is 12.9. The number of rotatable bonds is 3. The first-order valence-electron chi connectivity index (χ1n) is 6.75. The third kappa shape index (κ3) is 2.39. The van der Waals surface area contributed by atoms with Crippen molar-refractivity contribution in [3.05, 3.63) is 36.0 Å². The summed E-state index contributed by atoms with van der Waals surface area (Å²) in [6.07, 6.45) is 1.87. The molecule has 0 unspecified atom stereocenters. The Kier molecular flexibility index (Phi) is 3.18. The second-order valence-corrected chi connectivity index (χ2v) is 5.29. The van der Waals surface area contributed by atoms with Gasteiger partial charge in [-0.1, -0.05) is 18.2 Å². The maximum Gasteiger partial charge on any atom is 0.306 e. The van der Waals surface area contributed by atoms with Gasteiger partial charge in [0, 0.05) is 16.9 Å². The number of fused-ring (bicyclic) bond motifs is 1. The van der Waals surface area contributed by atoms with Crippen molar-refractivity contribution < 1.29 is 14.7 Å². The number of carboxylic acid groups (broad SMARTS) is 1. The average Bonchev–Trinajstić information content (AvgIpc) is 3.04. The molecule has 2 aromatic rings. The van der Waals surface area contributed by atoms with Gasteiger partial charge in [-0.25, -0.2) is 0 Å². The van der Waals surface area contributed by atoms with Gasteiger partial charge >= 0.3 is 5.97 Å². The second-order valence-electron chi connectivity index (χ2n) is 5.29. The van der Waals surface area contributed by atoms with Crippen molar-refractivity contribution in [2.45, 2.75) is 25.3 Å². The van der Waals surface area contributed by atoms with Crippen LogP contribution in [0.4, 0.5) is 0 Å². The lowest BCUT2D eigenvalue weighted by molar-refractivity contribution is -0.141. The van der Waals surface area contributed by atoms with Crippen molar-refractivity contribution in [1.82, 2.24) is 10.3 Å². The van der Waals surface area contributed by atoms with Crippen LogP contribution >= 0.6 is 0 Å². The zero-order chi connectivity index (χ0) is 14.1. The van der Waals surface area contributed by atoms with E-state index >= 15 is 0 Å². The van der Waals surface area contributed by atoms with E-state index in [2.05, 4.69) is 10.3 Å². The van der Waals surface area contributed by atoms with Crippen LogP contribution in [0.5, 0.6) is 0 Å². The molecule has 0 saturated heterocycles. The maximum absolute atomic E-state index is 12.2. The lowest BCUT2D eigenvalue weighted by Crippen LogP contribution is -2.33. The van der Waals surface area contributed by atoms with Gasteiger partial charge in [-0.2, -0.15) is 0 Å². The molecule has 3 rings (SSSR count). The minimum absolute atomic E-state index is 0.0463. The smallest absolute Gasteiger partial charge is 0.306 e. The highest BCUT2D eigenvalue weighted by atomic mass is 16.4. The van der Waals surface area contributed by atoms with Crippen LogP contribution in [-0.4, -0.2) is 28.0 Å². The molecule has 5 nitrogen and oxygen atoms in total. The van der Waals surface area contributed by atoms with Crippen LogP contribution in [0.1, 0.15) is 29.8 Å². The number of hydrogen-bond donors (Lipinski definition) is 3. The summed E-state index contributed by atoms with van der Waals surface area (Å²) >= 11 is 0. The number of carbonyl (C=O) groups is 2. The van der Waals surface area contributed by atoms with E-state index in [9.17, 15) is 9.59 Å². The number of para-hydroxylation sites is 1. The van der Waals surface area contributed by atoms with Crippen molar-refractivity contribution in [2.24, 2.45) is 5.92 Å². The van der Waals surface area contributed by atoms with Gasteiger partial charge in [-0.15, -0.1) is 0 Å². The molecule has 5 heteroatoms. The van der Waals surface area contributed by atoms with E-state index < -0.39 is 5.97 Å². The van der Waals surface area contributed by atoms with Crippen molar-refractivity contribution in [1.29, 1.82) is 0 Å². The van der Waals surface area contributed by atoms with E-state index in [1.165, 1.54) is 0 Å². The summed E-state index contributed by atoms with van der Waals surface area (Å²) in [7, 11) is 0. The van der Waals surface area contributed by atoms with Crippen molar-refractivity contribution in [3.8, 4) is 0 Å². The van der Waals surface area contributed by atoms with Gasteiger partial charge in [0.05, 0.1) is 5.92 Å².